The Balaban J connectivity index is 2.14. The first kappa shape index (κ1) is 12.6. The van der Waals surface area contributed by atoms with Crippen molar-refractivity contribution in [3.8, 4) is 0 Å². The van der Waals surface area contributed by atoms with Crippen molar-refractivity contribution >= 4 is 23.4 Å². The Morgan fingerprint density at radius 1 is 1.44 bits per heavy atom. The van der Waals surface area contributed by atoms with Crippen LogP contribution in [0.15, 0.2) is 39.8 Å². The third-order valence-corrected chi connectivity index (χ3v) is 3.74. The SMILES string of the molecule is Cc1ccc(N)cc1SCc1ccoc1C(=O)O. The molecule has 0 saturated carbocycles. The number of carboxylic acids is 1. The molecule has 0 spiro atoms. The van der Waals surface area contributed by atoms with Crippen molar-refractivity contribution in [1.82, 2.24) is 0 Å². The van der Waals surface area contributed by atoms with Crippen LogP contribution in [0.4, 0.5) is 5.69 Å². The highest BCUT2D eigenvalue weighted by atomic mass is 32.2. The van der Waals surface area contributed by atoms with Crippen molar-refractivity contribution in [2.45, 2.75) is 17.6 Å². The molecule has 0 bridgehead atoms. The summed E-state index contributed by atoms with van der Waals surface area (Å²) in [7, 11) is 0. The zero-order valence-corrected chi connectivity index (χ0v) is 10.7. The Bertz CT molecular complexity index is 577. The first-order valence-corrected chi connectivity index (χ1v) is 6.35. The summed E-state index contributed by atoms with van der Waals surface area (Å²) in [5, 5.41) is 8.93. The van der Waals surface area contributed by atoms with Crippen molar-refractivity contribution in [3.05, 3.63) is 47.4 Å². The number of thioether (sulfide) groups is 1. The van der Waals surface area contributed by atoms with Crippen LogP contribution in [0.25, 0.3) is 0 Å². The van der Waals surface area contributed by atoms with Crippen LogP contribution >= 0.6 is 11.8 Å². The molecule has 4 nitrogen and oxygen atoms in total. The average molecular weight is 263 g/mol. The van der Waals surface area contributed by atoms with Gasteiger partial charge in [-0.3, -0.25) is 0 Å². The second-order valence-electron chi connectivity index (χ2n) is 3.89. The molecule has 18 heavy (non-hydrogen) atoms. The molecular weight excluding hydrogens is 250 g/mol. The van der Waals surface area contributed by atoms with Gasteiger partial charge in [-0.2, -0.15) is 0 Å². The van der Waals surface area contributed by atoms with E-state index in [1.807, 2.05) is 25.1 Å². The summed E-state index contributed by atoms with van der Waals surface area (Å²) in [5.41, 5.74) is 8.23. The lowest BCUT2D eigenvalue weighted by Crippen LogP contribution is -1.97. The van der Waals surface area contributed by atoms with Crippen LogP contribution in [0, 0.1) is 6.92 Å². The molecular formula is C13H13NO3S. The number of hydrogen-bond acceptors (Lipinski definition) is 4. The van der Waals surface area contributed by atoms with Crippen molar-refractivity contribution in [3.63, 3.8) is 0 Å². The smallest absolute Gasteiger partial charge is 0.372 e. The summed E-state index contributed by atoms with van der Waals surface area (Å²) >= 11 is 1.55. The monoisotopic (exact) mass is 263 g/mol. The maximum Gasteiger partial charge on any atom is 0.372 e. The minimum absolute atomic E-state index is 0.00376. The van der Waals surface area contributed by atoms with Crippen molar-refractivity contribution in [1.29, 1.82) is 0 Å². The molecule has 2 aromatic rings. The topological polar surface area (TPSA) is 76.5 Å². The molecule has 0 fully saturated rings. The van der Waals surface area contributed by atoms with E-state index in [0.717, 1.165) is 10.5 Å². The van der Waals surface area contributed by atoms with E-state index >= 15 is 0 Å². The van der Waals surface area contributed by atoms with E-state index in [1.165, 1.54) is 6.26 Å². The third-order valence-electron chi connectivity index (χ3n) is 2.54. The molecule has 3 N–H and O–H groups in total. The number of aryl methyl sites for hydroxylation is 1. The minimum Gasteiger partial charge on any atom is -0.475 e. The van der Waals surface area contributed by atoms with Gasteiger partial charge in [-0.1, -0.05) is 6.07 Å². The second-order valence-corrected chi connectivity index (χ2v) is 4.91. The number of rotatable bonds is 4. The van der Waals surface area contributed by atoms with E-state index in [9.17, 15) is 4.79 Å². The van der Waals surface area contributed by atoms with Gasteiger partial charge in [0, 0.05) is 21.9 Å². The Kier molecular flexibility index (Phi) is 3.62. The molecule has 0 saturated heterocycles. The average Bonchev–Trinajstić information content (AvgIpc) is 2.79. The Morgan fingerprint density at radius 3 is 2.94 bits per heavy atom. The standard InChI is InChI=1S/C13H13NO3S/c1-8-2-3-10(14)6-11(8)18-7-9-4-5-17-12(9)13(15)16/h2-6H,7,14H2,1H3,(H,15,16). The van der Waals surface area contributed by atoms with E-state index in [1.54, 1.807) is 17.8 Å². The van der Waals surface area contributed by atoms with E-state index < -0.39 is 5.97 Å². The molecule has 0 atom stereocenters. The number of nitrogen functional groups attached to an aromatic ring is 1. The number of furan rings is 1. The lowest BCUT2D eigenvalue weighted by Gasteiger charge is -2.06. The van der Waals surface area contributed by atoms with Gasteiger partial charge < -0.3 is 15.3 Å². The van der Waals surface area contributed by atoms with Crippen LogP contribution in [-0.2, 0) is 5.75 Å². The fourth-order valence-electron chi connectivity index (χ4n) is 1.56. The van der Waals surface area contributed by atoms with E-state index in [-0.39, 0.29) is 5.76 Å². The van der Waals surface area contributed by atoms with Gasteiger partial charge in [0.05, 0.1) is 6.26 Å². The quantitative estimate of drug-likeness (QED) is 0.654. The molecule has 0 unspecified atom stereocenters. The summed E-state index contributed by atoms with van der Waals surface area (Å²) in [4.78, 5) is 11.9. The van der Waals surface area contributed by atoms with Gasteiger partial charge in [0.2, 0.25) is 5.76 Å². The van der Waals surface area contributed by atoms with Gasteiger partial charge >= 0.3 is 5.97 Å². The molecule has 1 aromatic heterocycles. The van der Waals surface area contributed by atoms with E-state index in [0.29, 0.717) is 17.0 Å². The summed E-state index contributed by atoms with van der Waals surface area (Å²) in [5.74, 6) is -0.494. The molecule has 0 aliphatic carbocycles. The van der Waals surface area contributed by atoms with Crippen molar-refractivity contribution in [2.24, 2.45) is 0 Å². The predicted molar refractivity (Wildman–Crippen MR) is 70.8 cm³/mol. The first-order chi connectivity index (χ1) is 8.58. The van der Waals surface area contributed by atoms with Crippen LogP contribution in [0.2, 0.25) is 0 Å². The molecule has 0 amide bonds. The Morgan fingerprint density at radius 2 is 2.22 bits per heavy atom. The van der Waals surface area contributed by atoms with Crippen LogP contribution in [0.1, 0.15) is 21.7 Å². The molecule has 5 heteroatoms. The third kappa shape index (κ3) is 2.68. The maximum atomic E-state index is 10.9. The summed E-state index contributed by atoms with van der Waals surface area (Å²) in [6.45, 7) is 2.00. The normalized spacial score (nSPS) is 10.5. The van der Waals surface area contributed by atoms with Crippen LogP contribution in [0.5, 0.6) is 0 Å². The van der Waals surface area contributed by atoms with Crippen LogP contribution in [-0.4, -0.2) is 11.1 Å². The summed E-state index contributed by atoms with van der Waals surface area (Å²) in [6, 6.07) is 7.36. The first-order valence-electron chi connectivity index (χ1n) is 5.36. The number of carboxylic acid groups (broad SMARTS) is 1. The molecule has 1 heterocycles. The fourth-order valence-corrected chi connectivity index (χ4v) is 2.62. The number of hydrogen-bond donors (Lipinski definition) is 2. The van der Waals surface area contributed by atoms with E-state index in [4.69, 9.17) is 15.3 Å². The molecule has 0 aliphatic rings. The molecule has 2 rings (SSSR count). The van der Waals surface area contributed by atoms with Crippen LogP contribution in [0.3, 0.4) is 0 Å². The maximum absolute atomic E-state index is 10.9. The highest BCUT2D eigenvalue weighted by Gasteiger charge is 2.14. The van der Waals surface area contributed by atoms with Gasteiger partial charge in [-0.05, 0) is 30.7 Å². The highest BCUT2D eigenvalue weighted by molar-refractivity contribution is 7.98. The predicted octanol–water partition coefficient (Wildman–Crippen LogP) is 3.16. The van der Waals surface area contributed by atoms with Gasteiger partial charge in [0.15, 0.2) is 0 Å². The van der Waals surface area contributed by atoms with Gasteiger partial charge in [-0.25, -0.2) is 4.79 Å². The lowest BCUT2D eigenvalue weighted by molar-refractivity contribution is 0.0661. The number of anilines is 1. The lowest BCUT2D eigenvalue weighted by atomic mass is 10.2. The van der Waals surface area contributed by atoms with Crippen molar-refractivity contribution < 1.29 is 14.3 Å². The van der Waals surface area contributed by atoms with Crippen molar-refractivity contribution in [2.75, 3.05) is 5.73 Å². The fraction of sp³-hybridized carbons (Fsp3) is 0.154. The summed E-state index contributed by atoms with van der Waals surface area (Å²) < 4.78 is 4.93. The Hall–Kier alpha value is -1.88. The second kappa shape index (κ2) is 5.18. The minimum atomic E-state index is -1.04. The Labute approximate surface area is 109 Å². The van der Waals surface area contributed by atoms with Crippen LogP contribution < -0.4 is 5.73 Å². The summed E-state index contributed by atoms with van der Waals surface area (Å²) in [6.07, 6.45) is 1.39. The van der Waals surface area contributed by atoms with Gasteiger partial charge in [-0.15, -0.1) is 11.8 Å². The zero-order valence-electron chi connectivity index (χ0n) is 9.84. The van der Waals surface area contributed by atoms with Gasteiger partial charge in [0.1, 0.15) is 0 Å². The molecule has 0 radical (unpaired) electrons. The number of benzene rings is 1. The number of carbonyl (C=O) groups is 1. The highest BCUT2D eigenvalue weighted by Crippen LogP contribution is 2.29. The molecule has 94 valence electrons. The number of nitrogens with two attached hydrogens (primary N) is 1. The van der Waals surface area contributed by atoms with E-state index in [2.05, 4.69) is 0 Å². The van der Waals surface area contributed by atoms with Gasteiger partial charge in [0.25, 0.3) is 0 Å². The molecule has 0 aliphatic heterocycles. The number of aromatic carboxylic acids is 1. The largest absolute Gasteiger partial charge is 0.475 e. The molecule has 1 aromatic carbocycles. The zero-order chi connectivity index (χ0) is 13.1.